The Hall–Kier alpha value is -0.933. The highest BCUT2D eigenvalue weighted by atomic mass is 28.4. The van der Waals surface area contributed by atoms with Crippen LogP contribution < -0.4 is 0 Å². The van der Waals surface area contributed by atoms with Crippen LogP contribution >= 0.6 is 0 Å². The van der Waals surface area contributed by atoms with Gasteiger partial charge in [-0.05, 0) is 32.1 Å². The van der Waals surface area contributed by atoms with E-state index in [9.17, 15) is 4.79 Å². The smallest absolute Gasteiger partial charge is 0.184 e. The summed E-state index contributed by atoms with van der Waals surface area (Å²) in [4.78, 5) is 11.2. The Kier molecular flexibility index (Phi) is 4.44. The molecule has 1 rings (SSSR count). The van der Waals surface area contributed by atoms with E-state index in [-0.39, 0.29) is 11.9 Å². The second kappa shape index (κ2) is 5.41. The van der Waals surface area contributed by atoms with Gasteiger partial charge in [0.05, 0.1) is 6.10 Å². The molecule has 16 heavy (non-hydrogen) atoms. The first-order valence-electron chi connectivity index (χ1n) is 5.61. The number of hydrogen-bond donors (Lipinski definition) is 0. The second-order valence-electron chi connectivity index (χ2n) is 5.04. The lowest BCUT2D eigenvalue weighted by Crippen LogP contribution is -2.28. The number of carbonyl (C=O) groups is 1. The Morgan fingerprint density at radius 3 is 2.25 bits per heavy atom. The normalized spacial score (nSPS) is 13.5. The van der Waals surface area contributed by atoms with E-state index in [2.05, 4.69) is 19.6 Å². The molecule has 0 aliphatic carbocycles. The molecule has 2 nitrogen and oxygen atoms in total. The van der Waals surface area contributed by atoms with Crippen LogP contribution in [-0.4, -0.2) is 14.1 Å². The number of Topliss-reactive ketones (excluding diaryl/α,β-unsaturated/α-hetero) is 1. The van der Waals surface area contributed by atoms with Gasteiger partial charge >= 0.3 is 0 Å². The van der Waals surface area contributed by atoms with Crippen molar-refractivity contribution in [2.75, 3.05) is 0 Å². The molecule has 0 saturated carbocycles. The van der Waals surface area contributed by atoms with Crippen molar-refractivity contribution in [1.29, 1.82) is 0 Å². The third-order valence-corrected chi connectivity index (χ3v) is 3.13. The van der Waals surface area contributed by atoms with Crippen LogP contribution in [0.3, 0.4) is 0 Å². The van der Waals surface area contributed by atoms with Gasteiger partial charge in [-0.1, -0.05) is 30.3 Å². The van der Waals surface area contributed by atoms with Crippen LogP contribution in [0.25, 0.3) is 0 Å². The van der Waals surface area contributed by atoms with Gasteiger partial charge in [-0.25, -0.2) is 0 Å². The van der Waals surface area contributed by atoms with Crippen molar-refractivity contribution >= 4 is 14.1 Å². The van der Waals surface area contributed by atoms with Crippen molar-refractivity contribution in [3.63, 3.8) is 0 Å². The monoisotopic (exact) mass is 236 g/mol. The van der Waals surface area contributed by atoms with Crippen LogP contribution in [0, 0.1) is 0 Å². The third kappa shape index (κ3) is 4.73. The average Bonchev–Trinajstić information content (AvgIpc) is 2.15. The number of rotatable bonds is 5. The van der Waals surface area contributed by atoms with E-state index in [0.717, 1.165) is 5.56 Å². The molecule has 0 heterocycles. The van der Waals surface area contributed by atoms with Crippen molar-refractivity contribution in [2.45, 2.75) is 39.1 Å². The molecule has 1 aromatic carbocycles. The number of ketones is 1. The van der Waals surface area contributed by atoms with Gasteiger partial charge in [0.2, 0.25) is 0 Å². The van der Waals surface area contributed by atoms with Crippen molar-refractivity contribution in [3.8, 4) is 0 Å². The minimum atomic E-state index is -1.62. The summed E-state index contributed by atoms with van der Waals surface area (Å²) < 4.78 is 6.05. The van der Waals surface area contributed by atoms with Gasteiger partial charge in [0.25, 0.3) is 0 Å². The summed E-state index contributed by atoms with van der Waals surface area (Å²) in [5.74, 6) is 0.173. The summed E-state index contributed by atoms with van der Waals surface area (Å²) in [6, 6.07) is 9.98. The highest BCUT2D eigenvalue weighted by Gasteiger charge is 2.23. The molecule has 0 N–H and O–H groups in total. The Balaban J connectivity index is 2.84. The van der Waals surface area contributed by atoms with Crippen molar-refractivity contribution < 1.29 is 9.22 Å². The standard InChI is InChI=1S/C13H20O2Si/c1-11(14)10-13(15-16(2,3)4)12-8-6-5-7-9-12/h5-9,13H,10H2,1-4H3. The van der Waals surface area contributed by atoms with Gasteiger partial charge in [0.1, 0.15) is 5.78 Å². The zero-order valence-corrected chi connectivity index (χ0v) is 11.5. The van der Waals surface area contributed by atoms with E-state index in [1.165, 1.54) is 0 Å². The zero-order valence-electron chi connectivity index (χ0n) is 10.5. The zero-order chi connectivity index (χ0) is 12.2. The third-order valence-electron chi connectivity index (χ3n) is 2.14. The van der Waals surface area contributed by atoms with Crippen LogP contribution in [0.1, 0.15) is 25.0 Å². The summed E-state index contributed by atoms with van der Waals surface area (Å²) >= 11 is 0. The van der Waals surface area contributed by atoms with E-state index in [1.54, 1.807) is 6.92 Å². The highest BCUT2D eigenvalue weighted by molar-refractivity contribution is 6.69. The molecular weight excluding hydrogens is 216 g/mol. The lowest BCUT2D eigenvalue weighted by atomic mass is 10.1. The SMILES string of the molecule is CC(=O)CC(O[Si](C)(C)C)c1ccccc1. The minimum absolute atomic E-state index is 0.0784. The summed E-state index contributed by atoms with van der Waals surface area (Å²) in [5, 5.41) is 0. The largest absolute Gasteiger partial charge is 0.410 e. The van der Waals surface area contributed by atoms with Gasteiger partial charge in [-0.15, -0.1) is 0 Å². The van der Waals surface area contributed by atoms with Crippen molar-refractivity contribution in [3.05, 3.63) is 35.9 Å². The van der Waals surface area contributed by atoms with Gasteiger partial charge < -0.3 is 4.43 Å². The quantitative estimate of drug-likeness (QED) is 0.731. The molecular formula is C13H20O2Si. The first-order valence-corrected chi connectivity index (χ1v) is 9.01. The molecule has 0 spiro atoms. The predicted octanol–water partition coefficient (Wildman–Crippen LogP) is 3.56. The molecule has 0 amide bonds. The first kappa shape index (κ1) is 13.1. The molecule has 0 saturated heterocycles. The van der Waals surface area contributed by atoms with E-state index >= 15 is 0 Å². The molecule has 0 aliphatic rings. The maximum Gasteiger partial charge on any atom is 0.184 e. The molecule has 0 radical (unpaired) electrons. The minimum Gasteiger partial charge on any atom is -0.410 e. The lowest BCUT2D eigenvalue weighted by Gasteiger charge is -2.26. The van der Waals surface area contributed by atoms with Gasteiger partial charge in [0, 0.05) is 6.42 Å². The van der Waals surface area contributed by atoms with Gasteiger partial charge in [-0.2, -0.15) is 0 Å². The number of hydrogen-bond acceptors (Lipinski definition) is 2. The topological polar surface area (TPSA) is 26.3 Å². The fraction of sp³-hybridized carbons (Fsp3) is 0.462. The molecule has 1 aromatic rings. The van der Waals surface area contributed by atoms with Crippen molar-refractivity contribution in [2.24, 2.45) is 0 Å². The Morgan fingerprint density at radius 1 is 1.25 bits per heavy atom. The Bertz CT molecular complexity index is 341. The molecule has 88 valence electrons. The van der Waals surface area contributed by atoms with Crippen LogP contribution in [0.5, 0.6) is 0 Å². The molecule has 0 fully saturated rings. The first-order chi connectivity index (χ1) is 7.38. The van der Waals surface area contributed by atoms with E-state index in [1.807, 2.05) is 30.3 Å². The number of carbonyl (C=O) groups excluding carboxylic acids is 1. The van der Waals surface area contributed by atoms with Gasteiger partial charge in [0.15, 0.2) is 8.32 Å². The van der Waals surface area contributed by atoms with E-state index < -0.39 is 8.32 Å². The van der Waals surface area contributed by atoms with E-state index in [4.69, 9.17) is 4.43 Å². The van der Waals surface area contributed by atoms with E-state index in [0.29, 0.717) is 6.42 Å². The predicted molar refractivity (Wildman–Crippen MR) is 68.9 cm³/mol. The fourth-order valence-electron chi connectivity index (χ4n) is 1.58. The molecule has 0 bridgehead atoms. The molecule has 0 aromatic heterocycles. The molecule has 1 atom stereocenters. The number of benzene rings is 1. The highest BCUT2D eigenvalue weighted by Crippen LogP contribution is 2.25. The Morgan fingerprint density at radius 2 is 1.81 bits per heavy atom. The van der Waals surface area contributed by atoms with Crippen LogP contribution in [0.2, 0.25) is 19.6 Å². The van der Waals surface area contributed by atoms with Crippen molar-refractivity contribution in [1.82, 2.24) is 0 Å². The second-order valence-corrected chi connectivity index (χ2v) is 9.50. The van der Waals surface area contributed by atoms with Gasteiger partial charge in [-0.3, -0.25) is 4.79 Å². The lowest BCUT2D eigenvalue weighted by molar-refractivity contribution is -0.118. The van der Waals surface area contributed by atoms with Crippen LogP contribution in [0.15, 0.2) is 30.3 Å². The summed E-state index contributed by atoms with van der Waals surface area (Å²) in [5.41, 5.74) is 1.10. The van der Waals surface area contributed by atoms with Crippen LogP contribution in [-0.2, 0) is 9.22 Å². The molecule has 1 unspecified atom stereocenters. The summed E-state index contributed by atoms with van der Waals surface area (Å²) in [7, 11) is -1.62. The summed E-state index contributed by atoms with van der Waals surface area (Å²) in [6.45, 7) is 8.04. The molecule has 3 heteroatoms. The Labute approximate surface area is 98.8 Å². The maximum atomic E-state index is 11.2. The average molecular weight is 236 g/mol. The maximum absolute atomic E-state index is 11.2. The summed E-state index contributed by atoms with van der Waals surface area (Å²) in [6.07, 6.45) is 0.388. The van der Waals surface area contributed by atoms with Crippen LogP contribution in [0.4, 0.5) is 0 Å². The molecule has 0 aliphatic heterocycles. The fourth-order valence-corrected chi connectivity index (χ4v) is 2.66.